The summed E-state index contributed by atoms with van der Waals surface area (Å²) in [6, 6.07) is 13.2. The molecule has 1 aliphatic rings. The lowest BCUT2D eigenvalue weighted by atomic mass is 9.87. The molecule has 1 amide bonds. The van der Waals surface area contributed by atoms with Crippen molar-refractivity contribution in [3.8, 4) is 0 Å². The maximum atomic E-state index is 13.5. The fraction of sp³-hybridized carbons (Fsp3) is 0.414. The number of thiophene rings is 1. The second-order valence-electron chi connectivity index (χ2n) is 10.3. The summed E-state index contributed by atoms with van der Waals surface area (Å²) in [6.07, 6.45) is -4.42. The third-order valence-electron chi connectivity index (χ3n) is 6.91. The first-order valence-electron chi connectivity index (χ1n) is 12.5. The van der Waals surface area contributed by atoms with E-state index in [0.717, 1.165) is 12.6 Å². The molecule has 3 aromatic rings. The lowest BCUT2D eigenvalue weighted by molar-refractivity contribution is -0.137. The number of alkyl halides is 3. The van der Waals surface area contributed by atoms with E-state index >= 15 is 0 Å². The molecule has 0 unspecified atom stereocenters. The van der Waals surface area contributed by atoms with E-state index in [4.69, 9.17) is 0 Å². The molecule has 37 heavy (non-hydrogen) atoms. The first-order chi connectivity index (χ1) is 17.5. The van der Waals surface area contributed by atoms with Crippen molar-refractivity contribution < 1.29 is 22.4 Å². The lowest BCUT2D eigenvalue weighted by Crippen LogP contribution is -2.39. The molecule has 1 fully saturated rings. The normalized spacial score (nSPS) is 18.5. The summed E-state index contributed by atoms with van der Waals surface area (Å²) in [5, 5.41) is 2.05. The number of benzene rings is 2. The van der Waals surface area contributed by atoms with Gasteiger partial charge >= 0.3 is 6.18 Å². The number of hydrogen-bond donors (Lipinski definition) is 0. The van der Waals surface area contributed by atoms with Crippen LogP contribution in [0, 0.1) is 24.6 Å². The van der Waals surface area contributed by atoms with E-state index in [1.165, 1.54) is 46.8 Å². The highest BCUT2D eigenvalue weighted by atomic mass is 32.1. The van der Waals surface area contributed by atoms with Crippen molar-refractivity contribution in [2.24, 2.45) is 11.8 Å². The van der Waals surface area contributed by atoms with Gasteiger partial charge in [0.2, 0.25) is 0 Å². The summed E-state index contributed by atoms with van der Waals surface area (Å²) < 4.78 is 54.0. The molecule has 0 radical (unpaired) electrons. The van der Waals surface area contributed by atoms with Gasteiger partial charge in [-0.15, -0.1) is 11.3 Å². The Kier molecular flexibility index (Phi) is 8.39. The molecule has 2 heterocycles. The highest BCUT2D eigenvalue weighted by Gasteiger charge is 2.38. The van der Waals surface area contributed by atoms with Crippen molar-refractivity contribution >= 4 is 17.2 Å². The smallest absolute Gasteiger partial charge is 0.338 e. The minimum atomic E-state index is -4.42. The molecule has 0 spiro atoms. The summed E-state index contributed by atoms with van der Waals surface area (Å²) in [4.78, 5) is 18.7. The van der Waals surface area contributed by atoms with E-state index in [1.807, 2.05) is 19.2 Å². The Morgan fingerprint density at radius 1 is 1.11 bits per heavy atom. The Hall–Kier alpha value is -2.71. The molecule has 1 saturated heterocycles. The maximum Gasteiger partial charge on any atom is 0.416 e. The molecule has 0 bridgehead atoms. The van der Waals surface area contributed by atoms with Crippen molar-refractivity contribution in [3.63, 3.8) is 0 Å². The number of halogens is 4. The third kappa shape index (κ3) is 6.79. The number of likely N-dealkylation sites (tertiary alicyclic amines) is 1. The summed E-state index contributed by atoms with van der Waals surface area (Å²) in [5.74, 6) is -0.608. The molecule has 4 rings (SSSR count). The first kappa shape index (κ1) is 27.3. The number of carbonyl (C=O) groups excluding carboxylic acids is 1. The van der Waals surface area contributed by atoms with Gasteiger partial charge in [-0.3, -0.25) is 9.69 Å². The Balaban J connectivity index is 1.63. The van der Waals surface area contributed by atoms with Gasteiger partial charge in [0.25, 0.3) is 5.91 Å². The van der Waals surface area contributed by atoms with Crippen molar-refractivity contribution in [3.05, 3.63) is 92.9 Å². The largest absolute Gasteiger partial charge is 0.416 e. The number of nitrogens with zero attached hydrogens (tertiary/aromatic N) is 2. The van der Waals surface area contributed by atoms with Gasteiger partial charge in [0.05, 0.1) is 5.56 Å². The number of hydrogen-bond acceptors (Lipinski definition) is 3. The molecule has 0 N–H and O–H groups in total. The zero-order chi connectivity index (χ0) is 26.7. The van der Waals surface area contributed by atoms with Crippen molar-refractivity contribution in [2.45, 2.75) is 39.4 Å². The Bertz CT molecular complexity index is 1210. The molecule has 198 valence electrons. The standard InChI is InChI=1S/C29H32F4N2OS/c1-19(2)14-35(28(36)21-7-9-25(30)10-8-21)16-23-15-34(18-27-20(3)11-12-37-27)17-26(23)22-5-4-6-24(13-22)29(31,32)33/h4-13,19,23,26H,14-18H2,1-3H3/t23-,26-/m1/s1. The van der Waals surface area contributed by atoms with Crippen LogP contribution in [0.1, 0.15) is 51.7 Å². The molecule has 2 aromatic carbocycles. The average molecular weight is 533 g/mol. The van der Waals surface area contributed by atoms with Crippen molar-refractivity contribution in [1.82, 2.24) is 9.80 Å². The fourth-order valence-electron chi connectivity index (χ4n) is 5.11. The van der Waals surface area contributed by atoms with Crippen LogP contribution in [-0.4, -0.2) is 41.9 Å². The third-order valence-corrected chi connectivity index (χ3v) is 7.92. The van der Waals surface area contributed by atoms with Crippen molar-refractivity contribution in [2.75, 3.05) is 26.2 Å². The minimum absolute atomic E-state index is 0.0492. The van der Waals surface area contributed by atoms with Crippen molar-refractivity contribution in [1.29, 1.82) is 0 Å². The molecular formula is C29H32F4N2OS. The van der Waals surface area contributed by atoms with Gasteiger partial charge in [0.15, 0.2) is 0 Å². The summed E-state index contributed by atoms with van der Waals surface area (Å²) >= 11 is 1.68. The highest BCUT2D eigenvalue weighted by molar-refractivity contribution is 7.10. The van der Waals surface area contributed by atoms with Crippen LogP contribution >= 0.6 is 11.3 Å². The van der Waals surface area contributed by atoms with Crippen LogP contribution < -0.4 is 0 Å². The summed E-state index contributed by atoms with van der Waals surface area (Å²) in [6.45, 7) is 9.04. The second kappa shape index (κ2) is 11.4. The molecule has 0 aliphatic carbocycles. The fourth-order valence-corrected chi connectivity index (χ4v) is 6.05. The second-order valence-corrected chi connectivity index (χ2v) is 11.3. The number of carbonyl (C=O) groups is 1. The Labute approximate surface area is 219 Å². The molecule has 3 nitrogen and oxygen atoms in total. The average Bonchev–Trinajstić information content (AvgIpc) is 3.43. The van der Waals surface area contributed by atoms with E-state index in [0.29, 0.717) is 37.3 Å². The molecule has 8 heteroatoms. The van der Waals surface area contributed by atoms with Crippen LogP contribution in [0.2, 0.25) is 0 Å². The van der Waals surface area contributed by atoms with Gasteiger partial charge in [-0.05, 0) is 71.7 Å². The van der Waals surface area contributed by atoms with E-state index in [2.05, 4.69) is 17.9 Å². The van der Waals surface area contributed by atoms with E-state index in [9.17, 15) is 22.4 Å². The first-order valence-corrected chi connectivity index (χ1v) is 13.4. The van der Waals surface area contributed by atoms with Gasteiger partial charge in [0, 0.05) is 49.1 Å². The van der Waals surface area contributed by atoms with Crippen LogP contribution in [0.15, 0.2) is 60.0 Å². The molecular weight excluding hydrogens is 500 g/mol. The zero-order valence-corrected chi connectivity index (χ0v) is 22.1. The monoisotopic (exact) mass is 532 g/mol. The SMILES string of the molecule is Cc1ccsc1CN1C[C@H](CN(CC(C)C)C(=O)c2ccc(F)cc2)[C@@H](c2cccc(C(F)(F)F)c2)C1. The quantitative estimate of drug-likeness (QED) is 0.286. The molecule has 0 saturated carbocycles. The van der Waals surface area contributed by atoms with Gasteiger partial charge in [-0.25, -0.2) is 4.39 Å². The van der Waals surface area contributed by atoms with Crippen LogP contribution in [0.4, 0.5) is 17.6 Å². The summed E-state index contributed by atoms with van der Waals surface area (Å²) in [7, 11) is 0. The summed E-state index contributed by atoms with van der Waals surface area (Å²) in [5.41, 5.74) is 1.60. The van der Waals surface area contributed by atoms with Crippen LogP contribution in [0.3, 0.4) is 0 Å². The lowest BCUT2D eigenvalue weighted by Gasteiger charge is -2.30. The van der Waals surface area contributed by atoms with E-state index < -0.39 is 17.6 Å². The van der Waals surface area contributed by atoms with Gasteiger partial charge in [-0.1, -0.05) is 32.0 Å². The predicted molar refractivity (Wildman–Crippen MR) is 139 cm³/mol. The molecule has 1 aliphatic heterocycles. The zero-order valence-electron chi connectivity index (χ0n) is 21.3. The number of rotatable bonds is 8. The predicted octanol–water partition coefficient (Wildman–Crippen LogP) is 7.23. The van der Waals surface area contributed by atoms with E-state index in [1.54, 1.807) is 22.3 Å². The van der Waals surface area contributed by atoms with Crippen LogP contribution in [0.25, 0.3) is 0 Å². The minimum Gasteiger partial charge on any atom is -0.338 e. The topological polar surface area (TPSA) is 23.6 Å². The van der Waals surface area contributed by atoms with Gasteiger partial charge in [-0.2, -0.15) is 13.2 Å². The number of amides is 1. The molecule has 1 aromatic heterocycles. The van der Waals surface area contributed by atoms with E-state index in [-0.39, 0.29) is 23.7 Å². The van der Waals surface area contributed by atoms with Crippen LogP contribution in [-0.2, 0) is 12.7 Å². The van der Waals surface area contributed by atoms with Crippen LogP contribution in [0.5, 0.6) is 0 Å². The highest BCUT2D eigenvalue weighted by Crippen LogP contribution is 2.38. The number of aryl methyl sites for hydroxylation is 1. The van der Waals surface area contributed by atoms with Gasteiger partial charge < -0.3 is 4.90 Å². The molecule has 2 atom stereocenters. The Morgan fingerprint density at radius 2 is 1.84 bits per heavy atom. The Morgan fingerprint density at radius 3 is 2.46 bits per heavy atom. The maximum absolute atomic E-state index is 13.5. The van der Waals surface area contributed by atoms with Gasteiger partial charge in [0.1, 0.15) is 5.82 Å².